The predicted octanol–water partition coefficient (Wildman–Crippen LogP) is 23.2. The smallest absolute Gasteiger partial charge is 0.297 e. The van der Waals surface area contributed by atoms with Crippen LogP contribution in [0.5, 0.6) is 0 Å². The van der Waals surface area contributed by atoms with Crippen molar-refractivity contribution in [1.29, 1.82) is 0 Å². The van der Waals surface area contributed by atoms with Crippen LogP contribution in [-0.4, -0.2) is 6.71 Å². The van der Waals surface area contributed by atoms with Crippen LogP contribution in [0.1, 0.15) is 259 Å². The molecule has 0 spiro atoms. The first-order chi connectivity index (χ1) is 43.7. The van der Waals surface area contributed by atoms with Crippen LogP contribution in [0.25, 0.3) is 22.1 Å². The zero-order valence-corrected chi connectivity index (χ0v) is 61.3. The maximum Gasteiger partial charge on any atom is 0.297 e. The van der Waals surface area contributed by atoms with E-state index >= 15 is 0 Å². The largest absolute Gasteiger partial charge is 0.468 e. The topological polar surface area (TPSA) is 22.9 Å². The molecule has 0 fully saturated rings. The molecule has 0 saturated heterocycles. The Kier molecular flexibility index (Phi) is 13.3. The van der Waals surface area contributed by atoms with E-state index in [9.17, 15) is 0 Å². The number of fused-ring (bicyclic) bond motifs is 12. The quantitative estimate of drug-likeness (QED) is 0.160. The summed E-state index contributed by atoms with van der Waals surface area (Å²) < 4.78 is 8.04. The predicted molar refractivity (Wildman–Crippen MR) is 404 cm³/mol. The first kappa shape index (κ1) is 62.9. The zero-order valence-electron chi connectivity index (χ0n) is 61.3. The van der Waals surface area contributed by atoms with Crippen LogP contribution in [0, 0.1) is 0 Å². The first-order valence-corrected chi connectivity index (χ1v) is 35.7. The molecule has 0 radical (unpaired) electrons. The molecule has 0 N–H and O–H groups in total. The maximum atomic E-state index is 8.04. The molecule has 2 aliphatic heterocycles. The Balaban J connectivity index is 1.13. The maximum absolute atomic E-state index is 8.04. The van der Waals surface area contributed by atoms with Crippen LogP contribution < -0.4 is 31.3 Å². The van der Waals surface area contributed by atoms with Crippen molar-refractivity contribution in [2.75, 3.05) is 14.7 Å². The summed E-state index contributed by atoms with van der Waals surface area (Å²) in [5.41, 5.74) is 32.6. The van der Waals surface area contributed by atoms with Crippen molar-refractivity contribution in [2.45, 2.75) is 252 Å². The molecule has 15 rings (SSSR count). The van der Waals surface area contributed by atoms with Gasteiger partial charge in [0.25, 0.3) is 6.71 Å². The summed E-state index contributed by atoms with van der Waals surface area (Å²) in [6, 6.07) is 56.9. The van der Waals surface area contributed by atoms with Crippen molar-refractivity contribution in [3.63, 3.8) is 0 Å². The number of benzene rings is 8. The second-order valence-corrected chi connectivity index (χ2v) is 37.5. The lowest BCUT2D eigenvalue weighted by Gasteiger charge is -2.47. The highest BCUT2D eigenvalue weighted by atomic mass is 16.3. The average molecular weight is 1240 g/mol. The highest BCUT2D eigenvalue weighted by Gasteiger charge is 2.51. The third kappa shape index (κ3) is 9.46. The van der Waals surface area contributed by atoms with E-state index in [-0.39, 0.29) is 60.9 Å². The molecule has 0 atom stereocenters. The number of anilines is 9. The molecule has 0 bridgehead atoms. The van der Waals surface area contributed by atoms with Crippen LogP contribution in [0.15, 0.2) is 144 Å². The van der Waals surface area contributed by atoms with E-state index in [1.165, 1.54) is 123 Å². The Morgan fingerprint density at radius 2 is 0.862 bits per heavy atom. The molecule has 6 aliphatic rings. The number of hydrogen-bond acceptors (Lipinski definition) is 4. The Labute approximate surface area is 565 Å². The van der Waals surface area contributed by atoms with Gasteiger partial charge in [-0.2, -0.15) is 0 Å². The minimum absolute atomic E-state index is 0.0130. The Morgan fingerprint density at radius 1 is 0.372 bits per heavy atom. The van der Waals surface area contributed by atoms with Gasteiger partial charge in [0.05, 0.1) is 17.0 Å². The normalized spacial score (nSPS) is 19.5. The number of rotatable bonds is 5. The molecule has 94 heavy (non-hydrogen) atoms. The number of nitrogens with zero attached hydrogens (tertiary/aromatic N) is 3. The van der Waals surface area contributed by atoms with Gasteiger partial charge in [-0.05, 0) is 249 Å². The van der Waals surface area contributed by atoms with Crippen molar-refractivity contribution < 1.29 is 4.42 Å². The second-order valence-electron chi connectivity index (χ2n) is 37.5. The summed E-state index contributed by atoms with van der Waals surface area (Å²) in [5.74, 6) is 0. The lowest BCUT2D eigenvalue weighted by atomic mass is 9.35. The van der Waals surface area contributed by atoms with Gasteiger partial charge in [-0.1, -0.05) is 220 Å². The lowest BCUT2D eigenvalue weighted by Crippen LogP contribution is -2.61. The SMILES string of the molecule is CC(C)(C)c1ccc(N(c2cc3c4c(c2)N(c2ccc5c(c2)C(C)(C)CCC5(C)C)c2c(oc5cc6c(cc25)C(C)(C)CCC6(C)C)B4c2cc4c(cc2N3c2cc(C(C)(C)C)cc(C(C)(C)C)c2)C(C)(C)CCC4(C)C)c2ccc3c(c2)C(C)(C)c2ccccc2-3)cc1. The molecular formula is C89H104BN3O. The minimum Gasteiger partial charge on any atom is -0.468 e. The molecule has 0 saturated carbocycles. The first-order valence-electron chi connectivity index (χ1n) is 35.7. The van der Waals surface area contributed by atoms with E-state index in [2.05, 4.69) is 313 Å². The van der Waals surface area contributed by atoms with E-state index in [1.807, 2.05) is 0 Å². The molecule has 9 aromatic rings. The highest BCUT2D eigenvalue weighted by Crippen LogP contribution is 2.58. The summed E-state index contributed by atoms with van der Waals surface area (Å²) in [4.78, 5) is 8.07. The molecule has 1 aromatic heterocycles. The Morgan fingerprint density at radius 3 is 1.44 bits per heavy atom. The van der Waals surface area contributed by atoms with E-state index in [0.717, 1.165) is 66.8 Å². The van der Waals surface area contributed by atoms with Crippen molar-refractivity contribution in [2.24, 2.45) is 0 Å². The van der Waals surface area contributed by atoms with Crippen LogP contribution in [0.2, 0.25) is 0 Å². The van der Waals surface area contributed by atoms with Crippen LogP contribution in [0.4, 0.5) is 51.2 Å². The molecule has 8 aromatic carbocycles. The van der Waals surface area contributed by atoms with Crippen LogP contribution in [-0.2, 0) is 54.1 Å². The fraction of sp³-hybridized carbons (Fsp3) is 0.438. The number of furan rings is 1. The molecule has 484 valence electrons. The summed E-state index contributed by atoms with van der Waals surface area (Å²) in [5, 5.41) is 1.19. The molecule has 5 heteroatoms. The molecule has 0 unspecified atom stereocenters. The van der Waals surface area contributed by atoms with Gasteiger partial charge in [0, 0.05) is 50.6 Å². The van der Waals surface area contributed by atoms with Crippen molar-refractivity contribution in [1.82, 2.24) is 0 Å². The summed E-state index contributed by atoms with van der Waals surface area (Å²) >= 11 is 0. The molecular weight excluding hydrogens is 1140 g/mol. The van der Waals surface area contributed by atoms with Crippen molar-refractivity contribution in [3.8, 4) is 11.1 Å². The minimum atomic E-state index is -0.243. The standard InChI is InChI=1S/C89H104BN3O/c1-80(2,3)53-28-30-56(31-29-53)91(57-32-34-62-61-26-24-25-27-64(61)89(22,23)66(62)45-57)60-47-74-77-75(48-60)93(58-33-35-65-67(46-58)84(12,13)37-36-83(65,10)11)78-63-49-68-71(88(20,21)41-38-85(68,14)15)52-76(63)94-79(78)90(77)72-50-69-70(87(18,19)40-39-86(69,16)17)51-73(72)92(74)59-43-54(81(4,5)6)42-55(44-59)82(7,8)9/h24-35,42-52H,36-41H2,1-23H3. The second kappa shape index (κ2) is 19.9. The molecule has 3 heterocycles. The molecule has 4 nitrogen and oxygen atoms in total. The molecule has 0 amide bonds. The summed E-state index contributed by atoms with van der Waals surface area (Å²) in [6.45, 7) is 55.8. The Bertz CT molecular complexity index is 4630. The monoisotopic (exact) mass is 1240 g/mol. The third-order valence-corrected chi connectivity index (χ3v) is 24.7. The van der Waals surface area contributed by atoms with Gasteiger partial charge >= 0.3 is 0 Å². The van der Waals surface area contributed by atoms with Gasteiger partial charge in [-0.3, -0.25) is 0 Å². The van der Waals surface area contributed by atoms with Gasteiger partial charge in [-0.25, -0.2) is 0 Å². The third-order valence-electron chi connectivity index (χ3n) is 24.7. The van der Waals surface area contributed by atoms with E-state index in [4.69, 9.17) is 4.42 Å². The zero-order chi connectivity index (χ0) is 67.1. The van der Waals surface area contributed by atoms with E-state index in [0.29, 0.717) is 0 Å². The average Bonchev–Trinajstić information content (AvgIpc) is 1.25. The van der Waals surface area contributed by atoms with Crippen molar-refractivity contribution in [3.05, 3.63) is 201 Å². The van der Waals surface area contributed by atoms with Gasteiger partial charge in [-0.15, -0.1) is 0 Å². The van der Waals surface area contributed by atoms with Crippen LogP contribution >= 0.6 is 0 Å². The summed E-state index contributed by atoms with van der Waals surface area (Å²) in [6.07, 6.45) is 6.78. The lowest BCUT2D eigenvalue weighted by molar-refractivity contribution is 0.332. The fourth-order valence-corrected chi connectivity index (χ4v) is 18.0. The highest BCUT2D eigenvalue weighted by molar-refractivity contribution is 7.00. The van der Waals surface area contributed by atoms with Gasteiger partial charge in [0.2, 0.25) is 0 Å². The van der Waals surface area contributed by atoms with Crippen molar-refractivity contribution >= 4 is 85.5 Å². The van der Waals surface area contributed by atoms with Gasteiger partial charge < -0.3 is 19.1 Å². The fourth-order valence-electron chi connectivity index (χ4n) is 18.0. The Hall–Kier alpha value is -7.24. The van der Waals surface area contributed by atoms with E-state index < -0.39 is 0 Å². The van der Waals surface area contributed by atoms with Crippen LogP contribution in [0.3, 0.4) is 0 Å². The molecule has 4 aliphatic carbocycles. The number of hydrogen-bond donors (Lipinski definition) is 0. The van der Waals surface area contributed by atoms with Gasteiger partial charge in [0.15, 0.2) is 0 Å². The summed E-state index contributed by atoms with van der Waals surface area (Å²) in [7, 11) is 0. The van der Waals surface area contributed by atoms with Gasteiger partial charge in [0.1, 0.15) is 5.58 Å². The van der Waals surface area contributed by atoms with E-state index in [1.54, 1.807) is 0 Å².